The van der Waals surface area contributed by atoms with Crippen molar-refractivity contribution in [2.45, 2.75) is 339 Å². The van der Waals surface area contributed by atoms with Crippen LogP contribution in [0.25, 0.3) is 0 Å². The van der Waals surface area contributed by atoms with Gasteiger partial charge in [-0.2, -0.15) is 0 Å². The van der Waals surface area contributed by atoms with Crippen LogP contribution in [-0.2, 0) is 23.8 Å². The quantitative estimate of drug-likeness (QED) is 0.0195. The average molecular weight is 1100 g/mol. The van der Waals surface area contributed by atoms with Crippen molar-refractivity contribution in [2.24, 2.45) is 0 Å². The molecule has 0 aromatic rings. The monoisotopic (exact) mass is 1100 g/mol. The molecule has 0 bridgehead atoms. The van der Waals surface area contributed by atoms with Gasteiger partial charge in [0.15, 0.2) is 12.4 Å². The van der Waals surface area contributed by atoms with Crippen LogP contribution in [0, 0.1) is 0 Å². The smallest absolute Gasteiger partial charge is 0.306 e. The molecule has 8 atom stereocenters. The fourth-order valence-corrected chi connectivity index (χ4v) is 9.93. The van der Waals surface area contributed by atoms with Gasteiger partial charge in [0.25, 0.3) is 0 Å². The summed E-state index contributed by atoms with van der Waals surface area (Å²) in [7, 11) is 0. The second kappa shape index (κ2) is 54.9. The molecule has 454 valence electrons. The second-order valence-electron chi connectivity index (χ2n) is 22.5. The zero-order valence-corrected chi connectivity index (χ0v) is 50.3. The van der Waals surface area contributed by atoms with Crippen LogP contribution in [-0.4, -0.2) is 99.6 Å². The van der Waals surface area contributed by atoms with Crippen LogP contribution < -0.4 is 5.32 Å². The molecule has 1 heterocycles. The molecule has 0 radical (unpaired) electrons. The van der Waals surface area contributed by atoms with E-state index in [1.807, 2.05) is 6.08 Å². The summed E-state index contributed by atoms with van der Waals surface area (Å²) in [5.41, 5.74) is 0. The lowest BCUT2D eigenvalue weighted by atomic mass is 9.99. The van der Waals surface area contributed by atoms with E-state index in [1.165, 1.54) is 161 Å². The highest BCUT2D eigenvalue weighted by molar-refractivity contribution is 5.80. The maximum Gasteiger partial charge on any atom is 0.306 e. The standard InChI is InChI=1S/C67H121NO10/c1-4-7-10-13-16-19-22-24-25-26-27-28-29-30-31-32-33-34-35-36-37-38-40-43-46-49-52-55-62(72)78-65-64(74)63(73)61(56-69)77-67(65)76-57-58(59(70)53-50-47-44-42-39-23-20-17-14-11-8-5-2)68-66(75)60(71)54-51-48-45-41-21-18-15-12-9-6-3/h15-16,18-19,24-25,27-28,50,53,58-61,63-65,67,69-71,73-74H,4-14,17,20-23,26,29-49,51-52,54-57H2,1-3H3,(H,68,75)/b18-15-,19-16-,25-24-,28-27-,53-50+. The van der Waals surface area contributed by atoms with Crippen molar-refractivity contribution < 1.29 is 49.3 Å². The third-order valence-corrected chi connectivity index (χ3v) is 15.1. The van der Waals surface area contributed by atoms with E-state index in [-0.39, 0.29) is 19.4 Å². The summed E-state index contributed by atoms with van der Waals surface area (Å²) >= 11 is 0. The summed E-state index contributed by atoms with van der Waals surface area (Å²) in [6, 6.07) is -1.03. The van der Waals surface area contributed by atoms with Crippen LogP contribution >= 0.6 is 0 Å². The topological polar surface area (TPSA) is 175 Å². The summed E-state index contributed by atoms with van der Waals surface area (Å²) in [6.45, 7) is 5.72. The van der Waals surface area contributed by atoms with Crippen LogP contribution in [0.15, 0.2) is 60.8 Å². The SMILES string of the molecule is CCCC/C=C\CCCCCCC(O)C(=O)NC(COC1OC(CO)C(O)C(O)C1OC(=O)CCCCCCCCCCCCCCCC/C=C\C/C=C\C/C=C\CCCCC)C(O)/C=C/CCCCCCCCCCCC. The Morgan fingerprint density at radius 2 is 0.897 bits per heavy atom. The molecule has 0 aromatic carbocycles. The van der Waals surface area contributed by atoms with Crippen LogP contribution in [0.3, 0.4) is 0 Å². The van der Waals surface area contributed by atoms with Crippen molar-refractivity contribution in [1.82, 2.24) is 5.32 Å². The summed E-state index contributed by atoms with van der Waals surface area (Å²) in [4.78, 5) is 26.5. The van der Waals surface area contributed by atoms with Gasteiger partial charge in [0.1, 0.15) is 24.4 Å². The molecule has 0 spiro atoms. The Balaban J connectivity index is 2.53. The lowest BCUT2D eigenvalue weighted by molar-refractivity contribution is -0.305. The minimum atomic E-state index is -1.61. The van der Waals surface area contributed by atoms with Crippen LogP contribution in [0.4, 0.5) is 0 Å². The molecule has 0 aromatic heterocycles. The maximum absolute atomic E-state index is 13.4. The minimum Gasteiger partial charge on any atom is -0.454 e. The number of carbonyl (C=O) groups is 2. The summed E-state index contributed by atoms with van der Waals surface area (Å²) < 4.78 is 17.6. The molecular formula is C67H121NO10. The van der Waals surface area contributed by atoms with Gasteiger partial charge >= 0.3 is 5.97 Å². The number of unbranched alkanes of at least 4 members (excludes halogenated alkanes) is 33. The predicted octanol–water partition coefficient (Wildman–Crippen LogP) is 15.8. The van der Waals surface area contributed by atoms with Gasteiger partial charge < -0.3 is 45.1 Å². The minimum absolute atomic E-state index is 0.122. The van der Waals surface area contributed by atoms with Gasteiger partial charge in [-0.25, -0.2) is 0 Å². The fourth-order valence-electron chi connectivity index (χ4n) is 9.93. The van der Waals surface area contributed by atoms with Gasteiger partial charge in [0.05, 0.1) is 25.4 Å². The molecule has 8 unspecified atom stereocenters. The first kappa shape index (κ1) is 73.4. The summed E-state index contributed by atoms with van der Waals surface area (Å²) in [6.07, 6.45) is 58.5. The van der Waals surface area contributed by atoms with Crippen LogP contribution in [0.1, 0.15) is 290 Å². The first-order chi connectivity index (χ1) is 38.2. The van der Waals surface area contributed by atoms with Crippen molar-refractivity contribution >= 4 is 11.9 Å². The van der Waals surface area contributed by atoms with Crippen molar-refractivity contribution in [3.63, 3.8) is 0 Å². The van der Waals surface area contributed by atoms with Gasteiger partial charge in [-0.05, 0) is 83.5 Å². The molecule has 78 heavy (non-hydrogen) atoms. The second-order valence-corrected chi connectivity index (χ2v) is 22.5. The number of allylic oxidation sites excluding steroid dienone is 9. The summed E-state index contributed by atoms with van der Waals surface area (Å²) in [5, 5.41) is 56.9. The Morgan fingerprint density at radius 3 is 1.40 bits per heavy atom. The van der Waals surface area contributed by atoms with E-state index in [0.717, 1.165) is 83.5 Å². The molecular weight excluding hydrogens is 979 g/mol. The molecule has 1 rings (SSSR count). The first-order valence-electron chi connectivity index (χ1n) is 32.6. The third-order valence-electron chi connectivity index (χ3n) is 15.1. The number of amides is 1. The van der Waals surface area contributed by atoms with E-state index in [4.69, 9.17) is 14.2 Å². The normalized spacial score (nSPS) is 19.3. The number of esters is 1. The number of aliphatic hydroxyl groups excluding tert-OH is 5. The molecule has 1 amide bonds. The largest absolute Gasteiger partial charge is 0.454 e. The lowest BCUT2D eigenvalue weighted by Crippen LogP contribution is -2.61. The molecule has 6 N–H and O–H groups in total. The van der Waals surface area contributed by atoms with Gasteiger partial charge in [-0.3, -0.25) is 9.59 Å². The zero-order valence-electron chi connectivity index (χ0n) is 50.3. The van der Waals surface area contributed by atoms with Crippen molar-refractivity contribution in [3.8, 4) is 0 Å². The van der Waals surface area contributed by atoms with Gasteiger partial charge in [0.2, 0.25) is 5.91 Å². The van der Waals surface area contributed by atoms with Crippen LogP contribution in [0.5, 0.6) is 0 Å². The molecule has 0 aliphatic carbocycles. The Kier molecular flexibility index (Phi) is 51.7. The van der Waals surface area contributed by atoms with E-state index in [0.29, 0.717) is 12.8 Å². The average Bonchev–Trinajstić information content (AvgIpc) is 3.46. The van der Waals surface area contributed by atoms with Crippen molar-refractivity contribution in [1.29, 1.82) is 0 Å². The number of aliphatic hydroxyl groups is 5. The number of carbonyl (C=O) groups excluding carboxylic acids is 2. The Labute approximate surface area is 478 Å². The maximum atomic E-state index is 13.4. The number of nitrogens with one attached hydrogen (secondary N) is 1. The van der Waals surface area contributed by atoms with Crippen molar-refractivity contribution in [2.75, 3.05) is 13.2 Å². The Morgan fingerprint density at radius 1 is 0.500 bits per heavy atom. The molecule has 1 aliphatic heterocycles. The first-order valence-corrected chi connectivity index (χ1v) is 32.6. The van der Waals surface area contributed by atoms with E-state index < -0.39 is 67.4 Å². The summed E-state index contributed by atoms with van der Waals surface area (Å²) in [5.74, 6) is -1.20. The van der Waals surface area contributed by atoms with E-state index in [9.17, 15) is 35.1 Å². The highest BCUT2D eigenvalue weighted by Gasteiger charge is 2.47. The predicted molar refractivity (Wildman–Crippen MR) is 324 cm³/mol. The number of ether oxygens (including phenoxy) is 3. The molecule has 0 saturated carbocycles. The highest BCUT2D eigenvalue weighted by atomic mass is 16.7. The van der Waals surface area contributed by atoms with E-state index in [2.05, 4.69) is 74.7 Å². The van der Waals surface area contributed by atoms with Gasteiger partial charge in [-0.15, -0.1) is 0 Å². The highest BCUT2D eigenvalue weighted by Crippen LogP contribution is 2.26. The molecule has 11 heteroatoms. The van der Waals surface area contributed by atoms with E-state index in [1.54, 1.807) is 6.08 Å². The lowest BCUT2D eigenvalue weighted by Gasteiger charge is -2.41. The van der Waals surface area contributed by atoms with Gasteiger partial charge in [0, 0.05) is 6.42 Å². The zero-order chi connectivity index (χ0) is 56.8. The molecule has 1 aliphatic rings. The number of rotatable bonds is 55. The van der Waals surface area contributed by atoms with Gasteiger partial charge in [-0.1, -0.05) is 261 Å². The fraction of sp³-hybridized carbons (Fsp3) is 0.821. The molecule has 11 nitrogen and oxygen atoms in total. The van der Waals surface area contributed by atoms with Crippen molar-refractivity contribution in [3.05, 3.63) is 60.8 Å². The molecule has 1 saturated heterocycles. The van der Waals surface area contributed by atoms with E-state index >= 15 is 0 Å². The number of hydrogen-bond donors (Lipinski definition) is 6. The molecule has 1 fully saturated rings. The Bertz CT molecular complexity index is 1500. The van der Waals surface area contributed by atoms with Crippen LogP contribution in [0.2, 0.25) is 0 Å². The Hall–Kier alpha value is -2.64. The number of hydrogen-bond acceptors (Lipinski definition) is 10. The third kappa shape index (κ3) is 42.2.